The normalized spacial score (nSPS) is 10.5. The fraction of sp³-hybridized carbons (Fsp3) is 0.182. The highest BCUT2D eigenvalue weighted by atomic mass is 16.2. The maximum Gasteiger partial charge on any atom is 0.276 e. The highest BCUT2D eigenvalue weighted by Crippen LogP contribution is 2.19. The van der Waals surface area contributed by atoms with Gasteiger partial charge in [-0.05, 0) is 36.4 Å². The summed E-state index contributed by atoms with van der Waals surface area (Å²) in [6.07, 6.45) is 0. The third kappa shape index (κ3) is 4.72. The molecule has 3 rings (SSSR count). The smallest absolute Gasteiger partial charge is 0.276 e. The number of benzene rings is 2. The Hall–Kier alpha value is -3.94. The number of carbonyl (C=O) groups excluding carboxylic acids is 3. The number of hydrogen-bond donors (Lipinski definition) is 3. The fourth-order valence-corrected chi connectivity index (χ4v) is 2.66. The van der Waals surface area contributed by atoms with Crippen LogP contribution in [0.15, 0.2) is 60.7 Å². The van der Waals surface area contributed by atoms with E-state index in [0.717, 1.165) is 0 Å². The Balaban J connectivity index is 1.86. The highest BCUT2D eigenvalue weighted by molar-refractivity contribution is 6.04. The molecule has 0 radical (unpaired) electrons. The van der Waals surface area contributed by atoms with Crippen molar-refractivity contribution in [3.05, 3.63) is 71.9 Å². The first-order valence-electron chi connectivity index (χ1n) is 9.49. The molecular weight excluding hydrogens is 382 g/mol. The van der Waals surface area contributed by atoms with Crippen molar-refractivity contribution in [3.8, 4) is 5.69 Å². The summed E-state index contributed by atoms with van der Waals surface area (Å²) in [6, 6.07) is 17.3. The molecule has 3 amide bonds. The van der Waals surface area contributed by atoms with Crippen molar-refractivity contribution in [1.29, 1.82) is 0 Å². The standard InChI is InChI=1S/C22H23N5O3/c1-14(2)20(28)25-19-13-18(26-27(19)17-7-5-4-6-8-17)22(30)24-16-11-9-15(10-12-16)21(29)23-3/h4-14H,1-3H3,(H,23,29)(H,24,30)(H,25,28). The summed E-state index contributed by atoms with van der Waals surface area (Å²) in [5, 5.41) is 12.5. The minimum absolute atomic E-state index is 0.147. The lowest BCUT2D eigenvalue weighted by Crippen LogP contribution is -2.19. The lowest BCUT2D eigenvalue weighted by molar-refractivity contribution is -0.118. The predicted octanol–water partition coefficient (Wildman–Crippen LogP) is 3.08. The Morgan fingerprint density at radius 2 is 1.57 bits per heavy atom. The van der Waals surface area contributed by atoms with Gasteiger partial charge in [-0.3, -0.25) is 14.4 Å². The van der Waals surface area contributed by atoms with Crippen LogP contribution in [0.2, 0.25) is 0 Å². The number of hydrogen-bond acceptors (Lipinski definition) is 4. The number of para-hydroxylation sites is 1. The Kier molecular flexibility index (Phi) is 6.26. The number of rotatable bonds is 6. The summed E-state index contributed by atoms with van der Waals surface area (Å²) in [7, 11) is 1.55. The molecule has 8 nitrogen and oxygen atoms in total. The summed E-state index contributed by atoms with van der Waals surface area (Å²) in [6.45, 7) is 3.57. The molecule has 0 bridgehead atoms. The van der Waals surface area contributed by atoms with E-state index in [1.54, 1.807) is 45.2 Å². The third-order valence-corrected chi connectivity index (χ3v) is 4.35. The van der Waals surface area contributed by atoms with E-state index in [-0.39, 0.29) is 23.4 Å². The second kappa shape index (κ2) is 9.04. The van der Waals surface area contributed by atoms with Crippen molar-refractivity contribution in [2.45, 2.75) is 13.8 Å². The average Bonchev–Trinajstić information content (AvgIpc) is 3.18. The Labute approximate surface area is 174 Å². The number of amides is 3. The van der Waals surface area contributed by atoms with Gasteiger partial charge in [-0.1, -0.05) is 32.0 Å². The van der Waals surface area contributed by atoms with Gasteiger partial charge in [-0.15, -0.1) is 0 Å². The molecule has 1 aromatic heterocycles. The van der Waals surface area contributed by atoms with Gasteiger partial charge in [0, 0.05) is 30.3 Å². The van der Waals surface area contributed by atoms with Gasteiger partial charge >= 0.3 is 0 Å². The van der Waals surface area contributed by atoms with E-state index in [1.807, 2.05) is 30.3 Å². The fourth-order valence-electron chi connectivity index (χ4n) is 2.66. The zero-order valence-corrected chi connectivity index (χ0v) is 17.0. The molecule has 0 spiro atoms. The molecule has 8 heteroatoms. The minimum Gasteiger partial charge on any atom is -0.355 e. The van der Waals surface area contributed by atoms with Crippen LogP contribution in [0.25, 0.3) is 5.69 Å². The topological polar surface area (TPSA) is 105 Å². The molecular formula is C22H23N5O3. The molecule has 0 aliphatic heterocycles. The van der Waals surface area contributed by atoms with E-state index in [4.69, 9.17) is 0 Å². The van der Waals surface area contributed by atoms with Crippen molar-refractivity contribution in [1.82, 2.24) is 15.1 Å². The van der Waals surface area contributed by atoms with Crippen LogP contribution in [-0.4, -0.2) is 34.5 Å². The van der Waals surface area contributed by atoms with Crippen molar-refractivity contribution in [2.75, 3.05) is 17.7 Å². The molecule has 2 aromatic carbocycles. The van der Waals surface area contributed by atoms with Gasteiger partial charge in [0.25, 0.3) is 11.8 Å². The van der Waals surface area contributed by atoms with E-state index in [0.29, 0.717) is 22.8 Å². The molecule has 0 saturated heterocycles. The lowest BCUT2D eigenvalue weighted by atomic mass is 10.2. The van der Waals surface area contributed by atoms with Crippen molar-refractivity contribution in [2.24, 2.45) is 5.92 Å². The summed E-state index contributed by atoms with van der Waals surface area (Å²) in [4.78, 5) is 36.6. The first-order valence-corrected chi connectivity index (χ1v) is 9.49. The lowest BCUT2D eigenvalue weighted by Gasteiger charge is -2.10. The van der Waals surface area contributed by atoms with Crippen LogP contribution in [0.1, 0.15) is 34.7 Å². The maximum atomic E-state index is 12.7. The highest BCUT2D eigenvalue weighted by Gasteiger charge is 2.18. The Morgan fingerprint density at radius 3 is 2.17 bits per heavy atom. The van der Waals surface area contributed by atoms with E-state index in [2.05, 4.69) is 21.0 Å². The summed E-state index contributed by atoms with van der Waals surface area (Å²) < 4.78 is 1.52. The van der Waals surface area contributed by atoms with Crippen LogP contribution in [-0.2, 0) is 4.79 Å². The van der Waals surface area contributed by atoms with Gasteiger partial charge in [0.1, 0.15) is 5.82 Å². The largest absolute Gasteiger partial charge is 0.355 e. The SMILES string of the molecule is CNC(=O)c1ccc(NC(=O)c2cc(NC(=O)C(C)C)n(-c3ccccc3)n2)cc1. The molecule has 0 fully saturated rings. The first-order chi connectivity index (χ1) is 14.4. The second-order valence-electron chi connectivity index (χ2n) is 6.92. The van der Waals surface area contributed by atoms with E-state index >= 15 is 0 Å². The molecule has 0 saturated carbocycles. The van der Waals surface area contributed by atoms with Crippen LogP contribution in [0.5, 0.6) is 0 Å². The van der Waals surface area contributed by atoms with Crippen LogP contribution >= 0.6 is 0 Å². The molecule has 0 atom stereocenters. The van der Waals surface area contributed by atoms with Crippen LogP contribution in [0.4, 0.5) is 11.5 Å². The third-order valence-electron chi connectivity index (χ3n) is 4.35. The van der Waals surface area contributed by atoms with Crippen molar-refractivity contribution in [3.63, 3.8) is 0 Å². The molecule has 3 N–H and O–H groups in total. The molecule has 154 valence electrons. The molecule has 0 unspecified atom stereocenters. The van der Waals surface area contributed by atoms with Gasteiger partial charge in [0.2, 0.25) is 5.91 Å². The minimum atomic E-state index is -0.433. The number of carbonyl (C=O) groups is 3. The molecule has 0 aliphatic carbocycles. The number of anilines is 2. The van der Waals surface area contributed by atoms with Crippen molar-refractivity contribution < 1.29 is 14.4 Å². The molecule has 30 heavy (non-hydrogen) atoms. The van der Waals surface area contributed by atoms with Crippen LogP contribution < -0.4 is 16.0 Å². The Bertz CT molecular complexity index is 1060. The molecule has 1 heterocycles. The maximum absolute atomic E-state index is 12.7. The molecule has 3 aromatic rings. The predicted molar refractivity (Wildman–Crippen MR) is 115 cm³/mol. The number of nitrogens with zero attached hydrogens (tertiary/aromatic N) is 2. The van der Waals surface area contributed by atoms with Crippen LogP contribution in [0.3, 0.4) is 0 Å². The Morgan fingerprint density at radius 1 is 0.900 bits per heavy atom. The van der Waals surface area contributed by atoms with Gasteiger partial charge in [-0.2, -0.15) is 5.10 Å². The zero-order valence-electron chi connectivity index (χ0n) is 17.0. The van der Waals surface area contributed by atoms with Gasteiger partial charge in [0.15, 0.2) is 5.69 Å². The number of aromatic nitrogens is 2. The van der Waals surface area contributed by atoms with Gasteiger partial charge < -0.3 is 16.0 Å². The van der Waals surface area contributed by atoms with E-state index in [9.17, 15) is 14.4 Å². The second-order valence-corrected chi connectivity index (χ2v) is 6.92. The summed E-state index contributed by atoms with van der Waals surface area (Å²) in [5.74, 6) is -0.637. The summed E-state index contributed by atoms with van der Waals surface area (Å²) >= 11 is 0. The zero-order chi connectivity index (χ0) is 21.7. The average molecular weight is 405 g/mol. The van der Waals surface area contributed by atoms with Crippen LogP contribution in [0, 0.1) is 5.92 Å². The van der Waals surface area contributed by atoms with Gasteiger partial charge in [0.05, 0.1) is 5.69 Å². The van der Waals surface area contributed by atoms with Gasteiger partial charge in [-0.25, -0.2) is 4.68 Å². The quantitative estimate of drug-likeness (QED) is 0.586. The van der Waals surface area contributed by atoms with E-state index in [1.165, 1.54) is 10.7 Å². The number of nitrogens with one attached hydrogen (secondary N) is 3. The monoisotopic (exact) mass is 405 g/mol. The summed E-state index contributed by atoms with van der Waals surface area (Å²) in [5.41, 5.74) is 1.87. The first kappa shape index (κ1) is 20.8. The molecule has 0 aliphatic rings. The van der Waals surface area contributed by atoms with E-state index < -0.39 is 5.91 Å². The van der Waals surface area contributed by atoms with Crippen molar-refractivity contribution >= 4 is 29.2 Å².